The van der Waals surface area contributed by atoms with E-state index in [1.807, 2.05) is 0 Å². The van der Waals surface area contributed by atoms with E-state index in [0.29, 0.717) is 5.69 Å². The number of nitrogens with one attached hydrogen (secondary N) is 1. The first-order chi connectivity index (χ1) is 7.47. The van der Waals surface area contributed by atoms with Crippen molar-refractivity contribution in [1.82, 2.24) is 5.16 Å². The van der Waals surface area contributed by atoms with Crippen molar-refractivity contribution in [2.75, 3.05) is 16.8 Å². The van der Waals surface area contributed by atoms with Crippen LogP contribution in [0.2, 0.25) is 0 Å². The first-order valence-electron chi connectivity index (χ1n) is 4.71. The molecule has 1 aromatic heterocycles. The Balaban J connectivity index is 3.13. The largest absolute Gasteiger partial charge is 0.465 e. The monoisotopic (exact) mass is 227 g/mol. The number of hydrogen-bond acceptors (Lipinski definition) is 4. The van der Waals surface area contributed by atoms with Gasteiger partial charge in [-0.2, -0.15) is 0 Å². The van der Waals surface area contributed by atoms with Crippen molar-refractivity contribution >= 4 is 23.6 Å². The van der Waals surface area contributed by atoms with E-state index < -0.39 is 6.09 Å². The number of carbonyl (C=O) groups excluding carboxylic acids is 1. The third kappa shape index (κ3) is 2.30. The van der Waals surface area contributed by atoms with Crippen LogP contribution in [0, 0.1) is 6.92 Å². The summed E-state index contributed by atoms with van der Waals surface area (Å²) in [6, 6.07) is 0. The van der Waals surface area contributed by atoms with Crippen LogP contribution in [0.4, 0.5) is 16.4 Å². The molecule has 0 saturated heterocycles. The first-order valence-corrected chi connectivity index (χ1v) is 4.71. The molecule has 2 N–H and O–H groups in total. The smallest absolute Gasteiger partial charge is 0.412 e. The predicted molar refractivity (Wildman–Crippen MR) is 56.6 cm³/mol. The van der Waals surface area contributed by atoms with Gasteiger partial charge in [0.15, 0.2) is 0 Å². The van der Waals surface area contributed by atoms with E-state index in [1.165, 1.54) is 6.92 Å². The lowest BCUT2D eigenvalue weighted by Gasteiger charge is -2.16. The topological polar surface area (TPSA) is 95.7 Å². The molecule has 1 heterocycles. The van der Waals surface area contributed by atoms with Gasteiger partial charge in [0.1, 0.15) is 11.4 Å². The molecule has 1 aromatic rings. The van der Waals surface area contributed by atoms with Crippen molar-refractivity contribution in [3.8, 4) is 0 Å². The highest BCUT2D eigenvalue weighted by atomic mass is 16.5. The van der Waals surface area contributed by atoms with Gasteiger partial charge >= 0.3 is 6.09 Å². The van der Waals surface area contributed by atoms with Crippen molar-refractivity contribution in [2.45, 2.75) is 20.8 Å². The fraction of sp³-hybridized carbons (Fsp3) is 0.444. The maximum atomic E-state index is 11.0. The summed E-state index contributed by atoms with van der Waals surface area (Å²) in [5.41, 5.74) is 0.679. The van der Waals surface area contributed by atoms with Crippen molar-refractivity contribution in [1.29, 1.82) is 0 Å². The molecular weight excluding hydrogens is 214 g/mol. The summed E-state index contributed by atoms with van der Waals surface area (Å²) >= 11 is 0. The zero-order valence-electron chi connectivity index (χ0n) is 9.27. The molecular formula is C9H13N3O4. The van der Waals surface area contributed by atoms with Crippen LogP contribution in [-0.2, 0) is 4.79 Å². The maximum absolute atomic E-state index is 11.0. The Morgan fingerprint density at radius 2 is 2.19 bits per heavy atom. The number of rotatable bonds is 3. The molecule has 0 spiro atoms. The zero-order chi connectivity index (χ0) is 12.3. The molecule has 0 radical (unpaired) electrons. The summed E-state index contributed by atoms with van der Waals surface area (Å²) < 4.78 is 4.85. The van der Waals surface area contributed by atoms with E-state index in [4.69, 9.17) is 9.63 Å². The van der Waals surface area contributed by atoms with E-state index in [-0.39, 0.29) is 24.0 Å². The standard InChI is InChI=1S/C9H13N3O4/c1-4-12(9(14)15)7-5(2)11-16-8(7)10-6(3)13/h4H2,1-3H3,(H,10,13)(H,14,15). The van der Waals surface area contributed by atoms with Gasteiger partial charge in [-0.3, -0.25) is 15.0 Å². The van der Waals surface area contributed by atoms with E-state index in [1.54, 1.807) is 13.8 Å². The van der Waals surface area contributed by atoms with E-state index >= 15 is 0 Å². The van der Waals surface area contributed by atoms with Gasteiger partial charge in [-0.1, -0.05) is 5.16 Å². The second-order valence-electron chi connectivity index (χ2n) is 3.15. The normalized spacial score (nSPS) is 9.94. The molecule has 0 saturated carbocycles. The molecule has 0 aromatic carbocycles. The number of hydrogen-bond donors (Lipinski definition) is 2. The molecule has 16 heavy (non-hydrogen) atoms. The molecule has 7 heteroatoms. The Labute approximate surface area is 92.0 Å². The van der Waals surface area contributed by atoms with E-state index in [9.17, 15) is 9.59 Å². The van der Waals surface area contributed by atoms with Crippen LogP contribution in [0.15, 0.2) is 4.52 Å². The number of amides is 2. The minimum absolute atomic E-state index is 0.0502. The SMILES string of the molecule is CCN(C(=O)O)c1c(C)noc1NC(C)=O. The van der Waals surface area contributed by atoms with E-state index in [2.05, 4.69) is 10.5 Å². The highest BCUT2D eigenvalue weighted by molar-refractivity contribution is 5.96. The number of carboxylic acid groups (broad SMARTS) is 1. The van der Waals surface area contributed by atoms with Gasteiger partial charge in [-0.15, -0.1) is 0 Å². The molecule has 1 rings (SSSR count). The summed E-state index contributed by atoms with van der Waals surface area (Å²) in [6.45, 7) is 4.83. The lowest BCUT2D eigenvalue weighted by Crippen LogP contribution is -2.29. The molecule has 88 valence electrons. The molecule has 2 amide bonds. The van der Waals surface area contributed by atoms with E-state index in [0.717, 1.165) is 4.90 Å². The average molecular weight is 227 g/mol. The minimum Gasteiger partial charge on any atom is -0.465 e. The van der Waals surface area contributed by atoms with Gasteiger partial charge in [-0.05, 0) is 13.8 Å². The van der Waals surface area contributed by atoms with Crippen LogP contribution in [0.5, 0.6) is 0 Å². The Morgan fingerprint density at radius 3 is 2.62 bits per heavy atom. The highest BCUT2D eigenvalue weighted by Gasteiger charge is 2.23. The van der Waals surface area contributed by atoms with Gasteiger partial charge in [0.05, 0.1) is 0 Å². The lowest BCUT2D eigenvalue weighted by atomic mass is 10.3. The van der Waals surface area contributed by atoms with Crippen molar-refractivity contribution in [3.63, 3.8) is 0 Å². The number of carbonyl (C=O) groups is 2. The van der Waals surface area contributed by atoms with Gasteiger partial charge in [-0.25, -0.2) is 4.79 Å². The van der Waals surface area contributed by atoms with Crippen LogP contribution in [0.3, 0.4) is 0 Å². The summed E-state index contributed by atoms with van der Waals surface area (Å²) in [6.07, 6.45) is -1.12. The van der Waals surface area contributed by atoms with Crippen LogP contribution in [0.1, 0.15) is 19.5 Å². The summed E-state index contributed by atoms with van der Waals surface area (Å²) in [7, 11) is 0. The molecule has 0 aliphatic carbocycles. The highest BCUT2D eigenvalue weighted by Crippen LogP contribution is 2.29. The van der Waals surface area contributed by atoms with Crippen LogP contribution in [-0.4, -0.2) is 28.8 Å². The third-order valence-corrected chi connectivity index (χ3v) is 1.94. The van der Waals surface area contributed by atoms with Crippen LogP contribution in [0.25, 0.3) is 0 Å². The second-order valence-corrected chi connectivity index (χ2v) is 3.15. The van der Waals surface area contributed by atoms with Gasteiger partial charge in [0.2, 0.25) is 5.91 Å². The minimum atomic E-state index is -1.12. The van der Waals surface area contributed by atoms with Crippen LogP contribution >= 0.6 is 0 Å². The molecule has 0 bridgehead atoms. The maximum Gasteiger partial charge on any atom is 0.412 e. The van der Waals surface area contributed by atoms with Crippen molar-refractivity contribution in [2.24, 2.45) is 0 Å². The lowest BCUT2D eigenvalue weighted by molar-refractivity contribution is -0.114. The Morgan fingerprint density at radius 1 is 1.56 bits per heavy atom. The van der Waals surface area contributed by atoms with Gasteiger partial charge in [0, 0.05) is 13.5 Å². The fourth-order valence-electron chi connectivity index (χ4n) is 1.31. The van der Waals surface area contributed by atoms with Crippen molar-refractivity contribution < 1.29 is 19.2 Å². The Kier molecular flexibility index (Phi) is 3.49. The number of aryl methyl sites for hydroxylation is 1. The second kappa shape index (κ2) is 4.65. The number of aromatic nitrogens is 1. The molecule has 0 unspecified atom stereocenters. The molecule has 0 aliphatic heterocycles. The molecule has 0 fully saturated rings. The molecule has 0 aliphatic rings. The molecule has 7 nitrogen and oxygen atoms in total. The number of nitrogens with zero attached hydrogens (tertiary/aromatic N) is 2. The van der Waals surface area contributed by atoms with Gasteiger partial charge < -0.3 is 9.63 Å². The van der Waals surface area contributed by atoms with Gasteiger partial charge in [0.25, 0.3) is 5.88 Å². The van der Waals surface area contributed by atoms with Crippen molar-refractivity contribution in [3.05, 3.63) is 5.69 Å². The summed E-state index contributed by atoms with van der Waals surface area (Å²) in [5, 5.41) is 15.0. The Hall–Kier alpha value is -2.05. The first kappa shape index (κ1) is 12.0. The Bertz CT molecular complexity index is 413. The average Bonchev–Trinajstić information content (AvgIpc) is 2.49. The van der Waals surface area contributed by atoms with Crippen LogP contribution < -0.4 is 10.2 Å². The third-order valence-electron chi connectivity index (χ3n) is 1.94. The predicted octanol–water partition coefficient (Wildman–Crippen LogP) is 1.45. The summed E-state index contributed by atoms with van der Waals surface area (Å²) in [4.78, 5) is 22.9. The molecule has 0 atom stereocenters. The quantitative estimate of drug-likeness (QED) is 0.814. The fourth-order valence-corrected chi connectivity index (χ4v) is 1.31. The number of anilines is 2. The zero-order valence-corrected chi connectivity index (χ0v) is 9.27. The summed E-state index contributed by atoms with van der Waals surface area (Å²) in [5.74, 6) is -0.298.